The fourth-order valence-electron chi connectivity index (χ4n) is 3.76. The number of carbonyl (C=O) groups excluding carboxylic acids is 3. The van der Waals surface area contributed by atoms with Gasteiger partial charge < -0.3 is 15.0 Å². The summed E-state index contributed by atoms with van der Waals surface area (Å²) in [5, 5.41) is 3.74. The van der Waals surface area contributed by atoms with Crippen LogP contribution in [0.4, 0.5) is 0 Å². The second-order valence-corrected chi connectivity index (χ2v) is 8.79. The Bertz CT molecular complexity index is 996. The predicted molar refractivity (Wildman–Crippen MR) is 118 cm³/mol. The van der Waals surface area contributed by atoms with Gasteiger partial charge in [-0.25, -0.2) is 4.79 Å². The van der Waals surface area contributed by atoms with Crippen molar-refractivity contribution in [1.29, 1.82) is 0 Å². The zero-order valence-corrected chi connectivity index (χ0v) is 18.3. The third-order valence-corrected chi connectivity index (χ3v) is 5.40. The fourth-order valence-corrected chi connectivity index (χ4v) is 3.76. The lowest BCUT2D eigenvalue weighted by Crippen LogP contribution is -2.56. The minimum atomic E-state index is -0.794. The lowest BCUT2D eigenvalue weighted by molar-refractivity contribution is -0.153. The maximum absolute atomic E-state index is 13.4. The Morgan fingerprint density at radius 2 is 2.10 bits per heavy atom. The molecule has 31 heavy (non-hydrogen) atoms. The maximum Gasteiger partial charge on any atom is 0.329 e. The van der Waals surface area contributed by atoms with E-state index in [9.17, 15) is 14.4 Å². The Morgan fingerprint density at radius 3 is 2.81 bits per heavy atom. The maximum atomic E-state index is 13.4. The highest BCUT2D eigenvalue weighted by molar-refractivity contribution is 6.00. The standard InChI is InChI=1S/C24H29N3O4/c1-5-14-31-23(30)19-9-7-13-27(19)22(29)20(24(2,3)4)26-21(28)17-10-11-18-16(15-17)8-6-12-25-18/h5-6,8,10-12,15,19-20H,1,7,9,13-14H2,2-4H3,(H,26,28)/t19-,20-/m1/s1. The van der Waals surface area contributed by atoms with Crippen LogP contribution in [-0.4, -0.2) is 52.9 Å². The van der Waals surface area contributed by atoms with Gasteiger partial charge in [0.25, 0.3) is 5.91 Å². The van der Waals surface area contributed by atoms with Gasteiger partial charge in [0, 0.05) is 23.7 Å². The Balaban J connectivity index is 1.80. The van der Waals surface area contributed by atoms with Crippen molar-refractivity contribution < 1.29 is 19.1 Å². The molecule has 0 spiro atoms. The monoisotopic (exact) mass is 423 g/mol. The number of likely N-dealkylation sites (tertiary alicyclic amines) is 1. The summed E-state index contributed by atoms with van der Waals surface area (Å²) in [7, 11) is 0. The molecule has 2 heterocycles. The summed E-state index contributed by atoms with van der Waals surface area (Å²) in [6.07, 6.45) is 4.45. The molecule has 1 N–H and O–H groups in total. The molecule has 1 saturated heterocycles. The fraction of sp³-hybridized carbons (Fsp3) is 0.417. The molecule has 7 heteroatoms. The molecule has 7 nitrogen and oxygen atoms in total. The van der Waals surface area contributed by atoms with E-state index in [2.05, 4.69) is 16.9 Å². The number of hydrogen-bond acceptors (Lipinski definition) is 5. The van der Waals surface area contributed by atoms with Crippen LogP contribution in [0, 0.1) is 5.41 Å². The average Bonchev–Trinajstić information content (AvgIpc) is 3.24. The minimum absolute atomic E-state index is 0.105. The van der Waals surface area contributed by atoms with Crippen molar-refractivity contribution in [2.45, 2.75) is 45.7 Å². The summed E-state index contributed by atoms with van der Waals surface area (Å²) in [6.45, 7) is 9.78. The third-order valence-electron chi connectivity index (χ3n) is 5.40. The van der Waals surface area contributed by atoms with Crippen molar-refractivity contribution in [3.63, 3.8) is 0 Å². The lowest BCUT2D eigenvalue weighted by Gasteiger charge is -2.35. The molecular formula is C24H29N3O4. The summed E-state index contributed by atoms with van der Waals surface area (Å²) in [5.41, 5.74) is 0.690. The number of hydrogen-bond donors (Lipinski definition) is 1. The molecule has 2 amide bonds. The SMILES string of the molecule is C=CCOC(=O)[C@H]1CCCN1C(=O)[C@@H](NC(=O)c1ccc2ncccc2c1)C(C)(C)C. The molecule has 0 radical (unpaired) electrons. The number of carbonyl (C=O) groups is 3. The summed E-state index contributed by atoms with van der Waals surface area (Å²) in [4.78, 5) is 44.7. The van der Waals surface area contributed by atoms with Crippen LogP contribution in [0.25, 0.3) is 10.9 Å². The van der Waals surface area contributed by atoms with Gasteiger partial charge in [-0.2, -0.15) is 0 Å². The molecule has 2 atom stereocenters. The molecule has 0 bridgehead atoms. The molecule has 164 valence electrons. The average molecular weight is 424 g/mol. The van der Waals surface area contributed by atoms with Crippen LogP contribution in [0.15, 0.2) is 49.2 Å². The van der Waals surface area contributed by atoms with Crippen LogP contribution in [0.2, 0.25) is 0 Å². The highest BCUT2D eigenvalue weighted by Crippen LogP contribution is 2.27. The molecule has 0 aliphatic carbocycles. The number of nitrogens with one attached hydrogen (secondary N) is 1. The van der Waals surface area contributed by atoms with Gasteiger partial charge in [-0.3, -0.25) is 14.6 Å². The highest BCUT2D eigenvalue weighted by atomic mass is 16.5. The molecule has 0 saturated carbocycles. The first-order chi connectivity index (χ1) is 14.7. The summed E-state index contributed by atoms with van der Waals surface area (Å²) >= 11 is 0. The molecule has 2 aromatic rings. The Kier molecular flexibility index (Phi) is 6.73. The van der Waals surface area contributed by atoms with E-state index in [0.29, 0.717) is 24.9 Å². The predicted octanol–water partition coefficient (Wildman–Crippen LogP) is 3.10. The van der Waals surface area contributed by atoms with Gasteiger partial charge in [0.1, 0.15) is 18.7 Å². The van der Waals surface area contributed by atoms with E-state index in [1.165, 1.54) is 11.0 Å². The number of pyridine rings is 1. The smallest absolute Gasteiger partial charge is 0.329 e. The summed E-state index contributed by atoms with van der Waals surface area (Å²) in [5.74, 6) is -1.06. The number of nitrogens with zero attached hydrogens (tertiary/aromatic N) is 2. The van der Waals surface area contributed by atoms with E-state index >= 15 is 0 Å². The van der Waals surface area contributed by atoms with Crippen molar-refractivity contribution in [3.05, 3.63) is 54.7 Å². The highest BCUT2D eigenvalue weighted by Gasteiger charge is 2.42. The molecule has 1 aromatic carbocycles. The van der Waals surface area contributed by atoms with E-state index in [1.807, 2.05) is 32.9 Å². The first kappa shape index (κ1) is 22.5. The van der Waals surface area contributed by atoms with Gasteiger partial charge in [-0.15, -0.1) is 0 Å². The largest absolute Gasteiger partial charge is 0.460 e. The van der Waals surface area contributed by atoms with Crippen LogP contribution < -0.4 is 5.32 Å². The normalized spacial score (nSPS) is 17.3. The summed E-state index contributed by atoms with van der Waals surface area (Å²) < 4.78 is 5.17. The lowest BCUT2D eigenvalue weighted by atomic mass is 9.85. The van der Waals surface area contributed by atoms with Crippen molar-refractivity contribution in [3.8, 4) is 0 Å². The molecule has 0 unspecified atom stereocenters. The number of rotatable bonds is 6. The second kappa shape index (κ2) is 9.29. The van der Waals surface area contributed by atoms with Crippen molar-refractivity contribution >= 4 is 28.7 Å². The van der Waals surface area contributed by atoms with Gasteiger partial charge in [0.2, 0.25) is 5.91 Å². The minimum Gasteiger partial charge on any atom is -0.460 e. The zero-order chi connectivity index (χ0) is 22.6. The van der Waals surface area contributed by atoms with Gasteiger partial charge in [0.05, 0.1) is 5.52 Å². The van der Waals surface area contributed by atoms with Crippen LogP contribution >= 0.6 is 0 Å². The molecule has 1 aliphatic rings. The molecule has 1 fully saturated rings. The molecule has 3 rings (SSSR count). The Morgan fingerprint density at radius 1 is 1.32 bits per heavy atom. The molecule has 1 aromatic heterocycles. The number of aromatic nitrogens is 1. The Hall–Kier alpha value is -3.22. The van der Waals surface area contributed by atoms with E-state index < -0.39 is 23.5 Å². The van der Waals surface area contributed by atoms with Crippen LogP contribution in [0.3, 0.4) is 0 Å². The van der Waals surface area contributed by atoms with E-state index in [-0.39, 0.29) is 18.4 Å². The number of benzene rings is 1. The number of ether oxygens (including phenoxy) is 1. The Labute approximate surface area is 182 Å². The van der Waals surface area contributed by atoms with Gasteiger partial charge >= 0.3 is 5.97 Å². The first-order valence-electron chi connectivity index (χ1n) is 10.5. The van der Waals surface area contributed by atoms with E-state index in [0.717, 1.165) is 10.9 Å². The van der Waals surface area contributed by atoms with Crippen molar-refractivity contribution in [2.75, 3.05) is 13.2 Å². The van der Waals surface area contributed by atoms with E-state index in [1.54, 1.807) is 24.4 Å². The van der Waals surface area contributed by atoms with Gasteiger partial charge in [-0.1, -0.05) is 39.5 Å². The third kappa shape index (κ3) is 5.10. The van der Waals surface area contributed by atoms with Crippen molar-refractivity contribution in [1.82, 2.24) is 15.2 Å². The molecular weight excluding hydrogens is 394 g/mol. The number of esters is 1. The molecule has 1 aliphatic heterocycles. The van der Waals surface area contributed by atoms with E-state index in [4.69, 9.17) is 4.74 Å². The van der Waals surface area contributed by atoms with Gasteiger partial charge in [0.15, 0.2) is 0 Å². The van der Waals surface area contributed by atoms with Crippen LogP contribution in [0.5, 0.6) is 0 Å². The second-order valence-electron chi connectivity index (χ2n) is 8.79. The van der Waals surface area contributed by atoms with Crippen molar-refractivity contribution in [2.24, 2.45) is 5.41 Å². The number of amides is 2. The zero-order valence-electron chi connectivity index (χ0n) is 18.3. The quantitative estimate of drug-likeness (QED) is 0.570. The van der Waals surface area contributed by atoms with Gasteiger partial charge in [-0.05, 0) is 42.5 Å². The summed E-state index contributed by atoms with van der Waals surface area (Å²) in [6, 6.07) is 7.50. The first-order valence-corrected chi connectivity index (χ1v) is 10.5. The van der Waals surface area contributed by atoms with Crippen LogP contribution in [0.1, 0.15) is 44.0 Å². The van der Waals surface area contributed by atoms with Crippen LogP contribution in [-0.2, 0) is 14.3 Å². The topological polar surface area (TPSA) is 88.6 Å². The number of fused-ring (bicyclic) bond motifs is 1.